The van der Waals surface area contributed by atoms with Gasteiger partial charge in [0.25, 0.3) is 0 Å². The molecule has 0 atom stereocenters. The molecule has 0 amide bonds. The highest BCUT2D eigenvalue weighted by Crippen LogP contribution is 2.17. The highest BCUT2D eigenvalue weighted by atomic mass is 32.2. The molecule has 1 rings (SSSR count). The second-order valence-corrected chi connectivity index (χ2v) is 6.25. The van der Waals surface area contributed by atoms with Crippen LogP contribution in [0.25, 0.3) is 0 Å². The molecule has 20 heavy (non-hydrogen) atoms. The number of hydrogen-bond acceptors (Lipinski definition) is 5. The summed E-state index contributed by atoms with van der Waals surface area (Å²) >= 11 is 0. The lowest BCUT2D eigenvalue weighted by Crippen LogP contribution is -2.30. The van der Waals surface area contributed by atoms with Crippen LogP contribution in [0.4, 0.5) is 5.69 Å². The second kappa shape index (κ2) is 7.03. The maximum absolute atomic E-state index is 11.3. The van der Waals surface area contributed by atoms with Gasteiger partial charge in [-0.15, -0.1) is 0 Å². The molecule has 0 heterocycles. The number of rotatable bonds is 7. The first-order valence-corrected chi connectivity index (χ1v) is 7.81. The Morgan fingerprint density at radius 1 is 1.35 bits per heavy atom. The van der Waals surface area contributed by atoms with Crippen LogP contribution in [0.3, 0.4) is 0 Å². The Morgan fingerprint density at radius 3 is 2.60 bits per heavy atom. The fourth-order valence-electron chi connectivity index (χ4n) is 1.51. The number of benzene rings is 1. The molecule has 7 heteroatoms. The van der Waals surface area contributed by atoms with Crippen molar-refractivity contribution >= 4 is 21.5 Å². The molecule has 0 aliphatic rings. The van der Waals surface area contributed by atoms with Gasteiger partial charge in [-0.2, -0.15) is 5.26 Å². The number of anilines is 1. The summed E-state index contributed by atoms with van der Waals surface area (Å²) in [5.41, 5.74) is 1.44. The third-order valence-electron chi connectivity index (χ3n) is 2.69. The molecule has 108 valence electrons. The summed E-state index contributed by atoms with van der Waals surface area (Å²) in [5.74, 6) is -0.0692. The number of carbonyl (C=O) groups is 1. The van der Waals surface area contributed by atoms with Crippen LogP contribution in [-0.2, 0) is 10.0 Å². The van der Waals surface area contributed by atoms with E-state index < -0.39 is 10.0 Å². The van der Waals surface area contributed by atoms with Gasteiger partial charge in [0, 0.05) is 18.7 Å². The lowest BCUT2D eigenvalue weighted by Gasteiger charge is -2.10. The zero-order valence-electron chi connectivity index (χ0n) is 11.4. The van der Waals surface area contributed by atoms with E-state index in [1.165, 1.54) is 6.92 Å². The Balaban J connectivity index is 2.70. The molecule has 0 saturated heterocycles. The number of nitriles is 1. The highest BCUT2D eigenvalue weighted by molar-refractivity contribution is 7.89. The maximum Gasteiger partial charge on any atom is 0.211 e. The van der Waals surface area contributed by atoms with Crippen LogP contribution in [0.2, 0.25) is 0 Å². The van der Waals surface area contributed by atoms with Crippen molar-refractivity contribution in [2.45, 2.75) is 13.8 Å². The molecule has 0 spiro atoms. The van der Waals surface area contributed by atoms with Gasteiger partial charge < -0.3 is 5.32 Å². The van der Waals surface area contributed by atoms with Crippen molar-refractivity contribution in [1.29, 1.82) is 5.26 Å². The fourth-order valence-corrected chi connectivity index (χ4v) is 2.13. The molecular weight excluding hydrogens is 278 g/mol. The van der Waals surface area contributed by atoms with Crippen LogP contribution in [0, 0.1) is 11.3 Å². The standard InChI is InChI=1S/C13H17N3O3S/c1-3-20(18,19)16-7-6-15-13-8-11(10(2)17)4-5-12(13)9-14/h4-5,8,15-16H,3,6-7H2,1-2H3. The molecule has 0 bridgehead atoms. The van der Waals surface area contributed by atoms with Gasteiger partial charge in [0.2, 0.25) is 10.0 Å². The average molecular weight is 295 g/mol. The minimum Gasteiger partial charge on any atom is -0.383 e. The lowest BCUT2D eigenvalue weighted by atomic mass is 10.1. The Labute approximate surface area is 118 Å². The topological polar surface area (TPSA) is 99.1 Å². The van der Waals surface area contributed by atoms with Crippen molar-refractivity contribution in [3.05, 3.63) is 29.3 Å². The van der Waals surface area contributed by atoms with E-state index in [2.05, 4.69) is 10.0 Å². The van der Waals surface area contributed by atoms with E-state index in [9.17, 15) is 13.2 Å². The quantitative estimate of drug-likeness (QED) is 0.580. The average Bonchev–Trinajstić information content (AvgIpc) is 2.43. The summed E-state index contributed by atoms with van der Waals surface area (Å²) in [6, 6.07) is 6.76. The summed E-state index contributed by atoms with van der Waals surface area (Å²) in [6.45, 7) is 3.54. The van der Waals surface area contributed by atoms with Crippen LogP contribution < -0.4 is 10.0 Å². The van der Waals surface area contributed by atoms with Crippen molar-refractivity contribution in [1.82, 2.24) is 4.72 Å². The van der Waals surface area contributed by atoms with E-state index in [0.717, 1.165) is 0 Å². The lowest BCUT2D eigenvalue weighted by molar-refractivity contribution is 0.101. The molecule has 6 nitrogen and oxygen atoms in total. The molecular formula is C13H17N3O3S. The fraction of sp³-hybridized carbons (Fsp3) is 0.385. The van der Waals surface area contributed by atoms with Crippen LogP contribution in [0.5, 0.6) is 0 Å². The molecule has 2 N–H and O–H groups in total. The first-order chi connectivity index (χ1) is 9.39. The monoisotopic (exact) mass is 295 g/mol. The first-order valence-electron chi connectivity index (χ1n) is 6.16. The Morgan fingerprint density at radius 2 is 2.05 bits per heavy atom. The van der Waals surface area contributed by atoms with Crippen LogP contribution in [0.15, 0.2) is 18.2 Å². The van der Waals surface area contributed by atoms with Crippen molar-refractivity contribution < 1.29 is 13.2 Å². The van der Waals surface area contributed by atoms with E-state index in [4.69, 9.17) is 5.26 Å². The number of ketones is 1. The highest BCUT2D eigenvalue weighted by Gasteiger charge is 2.07. The number of sulfonamides is 1. The van der Waals surface area contributed by atoms with Crippen LogP contribution in [0.1, 0.15) is 29.8 Å². The van der Waals surface area contributed by atoms with Gasteiger partial charge >= 0.3 is 0 Å². The molecule has 0 aliphatic heterocycles. The van der Waals surface area contributed by atoms with Gasteiger partial charge in [-0.05, 0) is 32.0 Å². The summed E-state index contributed by atoms with van der Waals surface area (Å²) in [6.07, 6.45) is 0. The molecule has 0 unspecified atom stereocenters. The second-order valence-electron chi connectivity index (χ2n) is 4.15. The Bertz CT molecular complexity index is 633. The summed E-state index contributed by atoms with van der Waals surface area (Å²) < 4.78 is 24.9. The van der Waals surface area contributed by atoms with Gasteiger partial charge in [-0.1, -0.05) is 0 Å². The van der Waals surface area contributed by atoms with E-state index >= 15 is 0 Å². The summed E-state index contributed by atoms with van der Waals surface area (Å²) in [7, 11) is -3.22. The number of carbonyl (C=O) groups excluding carboxylic acids is 1. The predicted octanol–water partition coefficient (Wildman–Crippen LogP) is 1.11. The van der Waals surface area contributed by atoms with E-state index in [-0.39, 0.29) is 18.1 Å². The minimum atomic E-state index is -3.22. The number of Topliss-reactive ketones (excluding diaryl/α,β-unsaturated/α-hetero) is 1. The van der Waals surface area contributed by atoms with E-state index in [1.807, 2.05) is 6.07 Å². The summed E-state index contributed by atoms with van der Waals surface area (Å²) in [4.78, 5) is 11.3. The van der Waals surface area contributed by atoms with E-state index in [1.54, 1.807) is 25.1 Å². The van der Waals surface area contributed by atoms with Gasteiger partial charge in [0.1, 0.15) is 6.07 Å². The minimum absolute atomic E-state index is 0.0241. The Hall–Kier alpha value is -1.91. The SMILES string of the molecule is CCS(=O)(=O)NCCNc1cc(C(C)=O)ccc1C#N. The molecule has 0 saturated carbocycles. The van der Waals surface area contributed by atoms with Gasteiger partial charge in [0.05, 0.1) is 17.0 Å². The smallest absolute Gasteiger partial charge is 0.211 e. The van der Waals surface area contributed by atoms with Gasteiger partial charge in [0.15, 0.2) is 5.78 Å². The first kappa shape index (κ1) is 16.1. The van der Waals surface area contributed by atoms with Crippen LogP contribution in [-0.4, -0.2) is 33.0 Å². The number of nitrogens with zero attached hydrogens (tertiary/aromatic N) is 1. The zero-order valence-corrected chi connectivity index (χ0v) is 12.3. The molecule has 1 aromatic rings. The summed E-state index contributed by atoms with van der Waals surface area (Å²) in [5, 5.41) is 11.9. The molecule has 0 aliphatic carbocycles. The molecule has 0 fully saturated rings. The third kappa shape index (κ3) is 4.64. The molecule has 1 aromatic carbocycles. The van der Waals surface area contributed by atoms with Crippen molar-refractivity contribution in [3.8, 4) is 6.07 Å². The third-order valence-corrected chi connectivity index (χ3v) is 4.09. The largest absolute Gasteiger partial charge is 0.383 e. The normalized spacial score (nSPS) is 10.8. The van der Waals surface area contributed by atoms with Crippen molar-refractivity contribution in [3.63, 3.8) is 0 Å². The molecule has 0 radical (unpaired) electrons. The zero-order chi connectivity index (χ0) is 15.2. The van der Waals surface area contributed by atoms with Crippen LogP contribution >= 0.6 is 0 Å². The predicted molar refractivity (Wildman–Crippen MR) is 77.1 cm³/mol. The maximum atomic E-state index is 11.3. The number of nitrogens with one attached hydrogen (secondary N) is 2. The van der Waals surface area contributed by atoms with Gasteiger partial charge in [-0.25, -0.2) is 13.1 Å². The van der Waals surface area contributed by atoms with E-state index in [0.29, 0.717) is 23.4 Å². The molecule has 0 aromatic heterocycles. The van der Waals surface area contributed by atoms with Crippen molar-refractivity contribution in [2.75, 3.05) is 24.2 Å². The van der Waals surface area contributed by atoms with Gasteiger partial charge in [-0.3, -0.25) is 4.79 Å². The Kier molecular flexibility index (Phi) is 5.67. The number of hydrogen-bond donors (Lipinski definition) is 2. The van der Waals surface area contributed by atoms with Crippen molar-refractivity contribution in [2.24, 2.45) is 0 Å².